The normalized spacial score (nSPS) is 20.9. The molecule has 5 aromatic rings. The van der Waals surface area contributed by atoms with Gasteiger partial charge in [0.05, 0.1) is 33.2 Å². The van der Waals surface area contributed by atoms with Crippen molar-refractivity contribution in [3.63, 3.8) is 0 Å². The molecule has 5 fully saturated rings. The van der Waals surface area contributed by atoms with E-state index in [-0.39, 0.29) is 75.1 Å². The summed E-state index contributed by atoms with van der Waals surface area (Å²) in [6.45, 7) is -0.224. The Morgan fingerprint density at radius 3 is 2.29 bits per heavy atom. The number of hydrogen-bond donors (Lipinski definition) is 1. The highest BCUT2D eigenvalue weighted by atomic mass is 35.5. The van der Waals surface area contributed by atoms with Gasteiger partial charge in [-0.25, -0.2) is 22.8 Å². The van der Waals surface area contributed by atoms with Crippen molar-refractivity contribution in [2.75, 3.05) is 38.5 Å². The highest BCUT2D eigenvalue weighted by molar-refractivity contribution is 8.02. The van der Waals surface area contributed by atoms with Crippen LogP contribution in [0.2, 0.25) is 10.0 Å². The van der Waals surface area contributed by atoms with Gasteiger partial charge < -0.3 is 29.0 Å². The Bertz CT molecular complexity index is 2800. The molecule has 1 unspecified atom stereocenters. The van der Waals surface area contributed by atoms with Gasteiger partial charge in [-0.1, -0.05) is 77.8 Å². The van der Waals surface area contributed by atoms with Crippen molar-refractivity contribution < 1.29 is 55.3 Å². The van der Waals surface area contributed by atoms with Gasteiger partial charge in [0, 0.05) is 37.7 Å². The molecule has 1 amide bonds. The number of alkyl carbamates (subject to hydrolysis) is 1. The minimum atomic E-state index is -4.45. The molecule has 0 radical (unpaired) electrons. The Morgan fingerprint density at radius 1 is 0.829 bits per heavy atom. The molecule has 1 aromatic heterocycles. The van der Waals surface area contributed by atoms with Gasteiger partial charge in [0.25, 0.3) is 0 Å². The third-order valence-corrected chi connectivity index (χ3v) is 16.5. The van der Waals surface area contributed by atoms with E-state index in [0.717, 1.165) is 60.4 Å². The molecule has 368 valence electrons. The number of piperidine rings is 3. The topological polar surface area (TPSA) is 163 Å². The molecule has 0 spiro atoms. The Balaban J connectivity index is 0.912. The molecular formula is C50H48Cl2F2N4O10S2. The fourth-order valence-corrected chi connectivity index (χ4v) is 12.4. The lowest BCUT2D eigenvalue weighted by atomic mass is 9.86. The lowest BCUT2D eigenvalue weighted by Gasteiger charge is -2.43. The molecule has 70 heavy (non-hydrogen) atoms. The first-order valence-electron chi connectivity index (χ1n) is 22.8. The van der Waals surface area contributed by atoms with Gasteiger partial charge in [-0.3, -0.25) is 9.88 Å². The van der Waals surface area contributed by atoms with Gasteiger partial charge in [-0.2, -0.15) is 13.1 Å². The predicted molar refractivity (Wildman–Crippen MR) is 257 cm³/mol. The number of pyridine rings is 1. The van der Waals surface area contributed by atoms with Gasteiger partial charge >= 0.3 is 24.6 Å². The first-order chi connectivity index (χ1) is 33.8. The minimum absolute atomic E-state index is 0.00765. The maximum absolute atomic E-state index is 14.4. The van der Waals surface area contributed by atoms with Crippen molar-refractivity contribution in [1.82, 2.24) is 19.5 Å². The number of esters is 2. The quantitative estimate of drug-likeness (QED) is 0.0653. The number of thioether (sulfide) groups is 1. The smallest absolute Gasteiger partial charge is 0.408 e. The first-order valence-corrected chi connectivity index (χ1v) is 26.0. The molecule has 4 saturated heterocycles. The number of benzene rings is 4. The van der Waals surface area contributed by atoms with Crippen LogP contribution < -0.4 is 19.5 Å². The molecule has 4 atom stereocenters. The Kier molecular flexibility index (Phi) is 15.5. The maximum atomic E-state index is 14.4. The monoisotopic (exact) mass is 1040 g/mol. The minimum Gasteiger partial charge on any atom is -0.489 e. The van der Waals surface area contributed by atoms with Gasteiger partial charge in [-0.05, 0) is 115 Å². The molecule has 1 N–H and O–H groups in total. The average Bonchev–Trinajstić information content (AvgIpc) is 4.05. The molecule has 1 saturated carbocycles. The first kappa shape index (κ1) is 49.5. The molecule has 5 aliphatic rings. The van der Waals surface area contributed by atoms with E-state index >= 15 is 0 Å². The van der Waals surface area contributed by atoms with E-state index in [0.29, 0.717) is 29.2 Å². The van der Waals surface area contributed by atoms with Crippen LogP contribution in [0.1, 0.15) is 70.4 Å². The number of fused-ring (bicyclic) bond motifs is 3. The van der Waals surface area contributed by atoms with Gasteiger partial charge in [0.15, 0.2) is 16.9 Å². The number of amides is 1. The number of alkyl halides is 2. The van der Waals surface area contributed by atoms with Gasteiger partial charge in [0.2, 0.25) is 10.0 Å². The number of nitrogens with one attached hydrogen (secondary N) is 1. The van der Waals surface area contributed by atoms with E-state index in [9.17, 15) is 31.6 Å². The maximum Gasteiger partial charge on any atom is 0.408 e. The highest BCUT2D eigenvalue weighted by Gasteiger charge is 2.43. The zero-order chi connectivity index (χ0) is 48.9. The number of carbonyl (C=O) groups is 3. The number of nitrogens with zero attached hydrogens (tertiary/aromatic N) is 3. The lowest BCUT2D eigenvalue weighted by molar-refractivity contribution is -0.150. The second kappa shape index (κ2) is 21.9. The Morgan fingerprint density at radius 2 is 1.57 bits per heavy atom. The Labute approximate surface area is 417 Å². The van der Waals surface area contributed by atoms with E-state index in [4.69, 9.17) is 46.9 Å². The average molecular weight is 1040 g/mol. The number of rotatable bonds is 18. The van der Waals surface area contributed by atoms with Crippen LogP contribution in [-0.2, 0) is 30.7 Å². The summed E-state index contributed by atoms with van der Waals surface area (Å²) >= 11 is 14.0. The summed E-state index contributed by atoms with van der Waals surface area (Å²) < 4.78 is 85.1. The third kappa shape index (κ3) is 11.8. The summed E-state index contributed by atoms with van der Waals surface area (Å²) in [4.78, 5) is 47.4. The van der Waals surface area contributed by atoms with E-state index < -0.39 is 52.2 Å². The summed E-state index contributed by atoms with van der Waals surface area (Å²) in [5, 5.41) is 2.00. The van der Waals surface area contributed by atoms with Gasteiger partial charge in [0.1, 0.15) is 18.0 Å². The molecular weight excluding hydrogens is 990 g/mol. The van der Waals surface area contributed by atoms with Crippen LogP contribution in [0.25, 0.3) is 0 Å². The lowest BCUT2D eigenvalue weighted by Crippen LogP contribution is -2.52. The van der Waals surface area contributed by atoms with E-state index in [1.165, 1.54) is 54.9 Å². The molecule has 14 nitrogen and oxygen atoms in total. The molecule has 20 heteroatoms. The Hall–Kier alpha value is -5.50. The van der Waals surface area contributed by atoms with Crippen molar-refractivity contribution >= 4 is 63.0 Å². The largest absolute Gasteiger partial charge is 0.489 e. The van der Waals surface area contributed by atoms with Gasteiger partial charge in [-0.15, -0.1) is 11.8 Å². The van der Waals surface area contributed by atoms with Crippen molar-refractivity contribution in [3.05, 3.63) is 147 Å². The van der Waals surface area contributed by atoms with Crippen LogP contribution in [0.3, 0.4) is 0 Å². The molecule has 4 aliphatic heterocycles. The standard InChI is InChI=1S/C50H48Cl2F2N4O10S2/c51-39-26-55-27-40(52)38(39)25-42(33-14-15-41(67-49(53)54)43(24-33)64-29-30-12-13-30)66-48(60)46-58(20-21-69-46)70(62,63)37-11-5-9-35(23-37)47(59)65-36-10-4-8-34(22-36)45(32-6-2-1-3-7-32)56-50(61)68-44-28-57-18-16-31(44)17-19-57/h1-11,14-15,22-24,26-27,30-31,42,44-46,49H,12-13,16-21,25,28-29H2,(H,56,61)/t42-,44-,45?,46-/m0/s1. The van der Waals surface area contributed by atoms with Crippen LogP contribution in [0.15, 0.2) is 114 Å². The fourth-order valence-electron chi connectivity index (χ4n) is 8.83. The summed E-state index contributed by atoms with van der Waals surface area (Å²) in [6.07, 6.45) is 4.54. The van der Waals surface area contributed by atoms with Crippen LogP contribution in [-0.4, -0.2) is 97.3 Å². The van der Waals surface area contributed by atoms with Crippen LogP contribution in [0, 0.1) is 11.8 Å². The van der Waals surface area contributed by atoms with Crippen molar-refractivity contribution in [2.24, 2.45) is 11.8 Å². The second-order valence-electron chi connectivity index (χ2n) is 17.4. The molecule has 4 aromatic carbocycles. The molecule has 2 bridgehead atoms. The van der Waals surface area contributed by atoms with E-state index in [1.807, 2.05) is 30.3 Å². The summed E-state index contributed by atoms with van der Waals surface area (Å²) in [5.41, 5.74) is 1.98. The molecule has 5 heterocycles. The zero-order valence-electron chi connectivity index (χ0n) is 37.5. The summed E-state index contributed by atoms with van der Waals surface area (Å²) in [7, 11) is -4.45. The van der Waals surface area contributed by atoms with Crippen LogP contribution in [0.4, 0.5) is 13.6 Å². The number of hydrogen-bond acceptors (Lipinski definition) is 13. The number of sulfonamides is 1. The van der Waals surface area contributed by atoms with Crippen LogP contribution >= 0.6 is 35.0 Å². The van der Waals surface area contributed by atoms with E-state index in [1.54, 1.807) is 24.3 Å². The fraction of sp³-hybridized carbons (Fsp3) is 0.360. The SMILES string of the molecule is O=C(NC(c1ccccc1)c1cccc(OC(=O)c2cccc(S(=O)(=O)N3CCS[C@H]3C(=O)O[C@@H](Cc3c(Cl)cncc3Cl)c3ccc(OC(F)F)c(OCC4CC4)c3)c2)c1)O[C@H]1CN2CCC1CC2. The highest BCUT2D eigenvalue weighted by Crippen LogP contribution is 2.40. The number of ether oxygens (including phenoxy) is 5. The molecule has 1 aliphatic carbocycles. The third-order valence-electron chi connectivity index (χ3n) is 12.7. The van der Waals surface area contributed by atoms with Crippen molar-refractivity contribution in [2.45, 2.75) is 67.2 Å². The number of carbonyl (C=O) groups excluding carboxylic acids is 3. The summed E-state index contributed by atoms with van der Waals surface area (Å²) in [5.74, 6) is -1.01. The second-order valence-corrected chi connectivity index (χ2v) is 21.3. The zero-order valence-corrected chi connectivity index (χ0v) is 40.6. The molecule has 10 rings (SSSR count). The van der Waals surface area contributed by atoms with Crippen molar-refractivity contribution in [3.8, 4) is 17.2 Å². The van der Waals surface area contributed by atoms with Crippen molar-refractivity contribution in [1.29, 1.82) is 0 Å². The number of halogens is 4. The number of aromatic nitrogens is 1. The predicted octanol–water partition coefficient (Wildman–Crippen LogP) is 9.50. The summed E-state index contributed by atoms with van der Waals surface area (Å²) in [6, 6.07) is 24.8. The van der Waals surface area contributed by atoms with E-state index in [2.05, 4.69) is 15.2 Å². The van der Waals surface area contributed by atoms with Crippen LogP contribution in [0.5, 0.6) is 17.2 Å².